The Hall–Kier alpha value is -4.24. The average molecular weight is 487 g/mol. The first-order valence-electron chi connectivity index (χ1n) is 10.4. The molecule has 0 amide bonds. The number of benzene rings is 1. The Morgan fingerprint density at radius 3 is 2.51 bits per heavy atom. The van der Waals surface area contributed by atoms with Crippen molar-refractivity contribution in [2.24, 2.45) is 5.73 Å². The number of nitriles is 1. The van der Waals surface area contributed by atoms with Gasteiger partial charge in [0.15, 0.2) is 0 Å². The largest absolute Gasteiger partial charge is 0.490 e. The van der Waals surface area contributed by atoms with Crippen molar-refractivity contribution in [3.05, 3.63) is 58.9 Å². The zero-order chi connectivity index (χ0) is 25.8. The highest BCUT2D eigenvalue weighted by atomic mass is 19.4. The number of alkyl halides is 3. The number of aromatic nitrogens is 3. The number of hydrogen-bond acceptors (Lipinski definition) is 6. The van der Waals surface area contributed by atoms with Gasteiger partial charge in [-0.3, -0.25) is 9.67 Å². The number of rotatable bonds is 5. The van der Waals surface area contributed by atoms with Gasteiger partial charge in [0.1, 0.15) is 5.69 Å². The lowest BCUT2D eigenvalue weighted by molar-refractivity contribution is -0.192. The minimum Gasteiger partial charge on any atom is -0.477 e. The van der Waals surface area contributed by atoms with Crippen molar-refractivity contribution in [1.82, 2.24) is 14.8 Å². The number of aliphatic carboxylic acids is 1. The molecule has 1 aliphatic rings. The number of aromatic carboxylic acids is 1. The minimum atomic E-state index is -5.08. The summed E-state index contributed by atoms with van der Waals surface area (Å²) in [7, 11) is 0. The van der Waals surface area contributed by atoms with E-state index < -0.39 is 18.1 Å². The maximum Gasteiger partial charge on any atom is 0.490 e. The molecule has 1 aliphatic carbocycles. The molecule has 0 atom stereocenters. The number of fused-ring (bicyclic) bond motifs is 3. The van der Waals surface area contributed by atoms with Crippen molar-refractivity contribution in [2.75, 3.05) is 6.54 Å². The molecule has 0 spiro atoms. The Labute approximate surface area is 197 Å². The molecule has 12 heteroatoms. The van der Waals surface area contributed by atoms with E-state index in [1.165, 1.54) is 0 Å². The van der Waals surface area contributed by atoms with Gasteiger partial charge in [-0.25, -0.2) is 9.59 Å². The summed E-state index contributed by atoms with van der Waals surface area (Å²) >= 11 is 0. The van der Waals surface area contributed by atoms with Crippen LogP contribution in [0.25, 0.3) is 22.5 Å². The number of carboxylic acid groups (broad SMARTS) is 2. The second-order valence-corrected chi connectivity index (χ2v) is 7.57. The molecule has 182 valence electrons. The molecule has 1 aromatic carbocycles. The summed E-state index contributed by atoms with van der Waals surface area (Å²) in [6.45, 7) is 0.950. The molecule has 0 aliphatic heterocycles. The van der Waals surface area contributed by atoms with E-state index in [2.05, 4.69) is 16.2 Å². The number of halogens is 3. The molecular weight excluding hydrogens is 467 g/mol. The van der Waals surface area contributed by atoms with Gasteiger partial charge in [-0.1, -0.05) is 12.1 Å². The van der Waals surface area contributed by atoms with E-state index in [1.807, 2.05) is 24.4 Å². The van der Waals surface area contributed by atoms with Gasteiger partial charge >= 0.3 is 18.1 Å². The fourth-order valence-corrected chi connectivity index (χ4v) is 3.66. The number of pyridine rings is 1. The highest BCUT2D eigenvalue weighted by molar-refractivity contribution is 5.91. The predicted molar refractivity (Wildman–Crippen MR) is 117 cm³/mol. The molecule has 2 heterocycles. The topological polar surface area (TPSA) is 155 Å². The maximum absolute atomic E-state index is 11.9. The number of nitrogens with zero attached hydrogens (tertiary/aromatic N) is 4. The fourth-order valence-electron chi connectivity index (χ4n) is 3.66. The highest BCUT2D eigenvalue weighted by Gasteiger charge is 2.38. The summed E-state index contributed by atoms with van der Waals surface area (Å²) in [5.41, 5.74) is 11.4. The van der Waals surface area contributed by atoms with Crippen molar-refractivity contribution < 1.29 is 33.0 Å². The van der Waals surface area contributed by atoms with Crippen molar-refractivity contribution in [3.8, 4) is 28.6 Å². The molecule has 4 rings (SSSR count). The summed E-state index contributed by atoms with van der Waals surface area (Å²) in [5, 5.41) is 30.6. The first-order chi connectivity index (χ1) is 16.6. The zero-order valence-corrected chi connectivity index (χ0v) is 18.2. The van der Waals surface area contributed by atoms with Crippen LogP contribution in [0.3, 0.4) is 0 Å². The molecule has 0 unspecified atom stereocenters. The van der Waals surface area contributed by atoms with E-state index in [0.29, 0.717) is 37.2 Å². The Morgan fingerprint density at radius 1 is 1.20 bits per heavy atom. The monoisotopic (exact) mass is 487 g/mol. The zero-order valence-electron chi connectivity index (χ0n) is 18.2. The SMILES string of the molecule is N#Cc1cccc(-c2cc3c(cn2)CCc2c-3nn(CCCN)c2C(=O)O)c1.O=C(O)C(F)(F)F. The molecule has 2 aromatic heterocycles. The van der Waals surface area contributed by atoms with Crippen LogP contribution in [-0.2, 0) is 24.2 Å². The molecule has 4 N–H and O–H groups in total. The van der Waals surface area contributed by atoms with Gasteiger partial charge in [0.05, 0.1) is 23.0 Å². The summed E-state index contributed by atoms with van der Waals surface area (Å²) in [5.74, 6) is -3.72. The lowest BCUT2D eigenvalue weighted by Crippen LogP contribution is -2.21. The van der Waals surface area contributed by atoms with Crippen molar-refractivity contribution in [3.63, 3.8) is 0 Å². The average Bonchev–Trinajstić information content (AvgIpc) is 3.21. The third-order valence-electron chi connectivity index (χ3n) is 5.24. The van der Waals surface area contributed by atoms with Crippen LogP contribution in [0, 0.1) is 11.3 Å². The van der Waals surface area contributed by atoms with Crippen LogP contribution in [0.1, 0.15) is 33.6 Å². The van der Waals surface area contributed by atoms with E-state index >= 15 is 0 Å². The number of aryl methyl sites for hydroxylation is 2. The van der Waals surface area contributed by atoms with Crippen molar-refractivity contribution >= 4 is 11.9 Å². The van der Waals surface area contributed by atoms with E-state index in [4.69, 9.17) is 20.9 Å². The lowest BCUT2D eigenvalue weighted by Gasteiger charge is -2.16. The Morgan fingerprint density at radius 2 is 1.91 bits per heavy atom. The maximum atomic E-state index is 11.9. The predicted octanol–water partition coefficient (Wildman–Crippen LogP) is 3.26. The van der Waals surface area contributed by atoms with E-state index in [1.54, 1.807) is 16.8 Å². The molecular formula is C23H20F3N5O4. The molecule has 0 saturated carbocycles. The molecule has 9 nitrogen and oxygen atoms in total. The summed E-state index contributed by atoms with van der Waals surface area (Å²) in [6.07, 6.45) is -1.25. The van der Waals surface area contributed by atoms with Crippen molar-refractivity contribution in [2.45, 2.75) is 32.0 Å². The quantitative estimate of drug-likeness (QED) is 0.495. The highest BCUT2D eigenvalue weighted by Crippen LogP contribution is 2.36. The third kappa shape index (κ3) is 5.64. The smallest absolute Gasteiger partial charge is 0.477 e. The number of nitrogens with two attached hydrogens (primary N) is 1. The number of carbonyl (C=O) groups is 2. The van der Waals surface area contributed by atoms with Crippen LogP contribution in [0.5, 0.6) is 0 Å². The summed E-state index contributed by atoms with van der Waals surface area (Å²) in [6, 6.07) is 11.3. The molecule has 0 bridgehead atoms. The van der Waals surface area contributed by atoms with Crippen LogP contribution in [0.15, 0.2) is 36.5 Å². The minimum absolute atomic E-state index is 0.249. The van der Waals surface area contributed by atoms with Crippen molar-refractivity contribution in [1.29, 1.82) is 5.26 Å². The van der Waals surface area contributed by atoms with Gasteiger partial charge in [-0.05, 0) is 49.6 Å². The van der Waals surface area contributed by atoms with Crippen LogP contribution in [-0.4, -0.2) is 49.6 Å². The van der Waals surface area contributed by atoms with Crippen LogP contribution in [0.4, 0.5) is 13.2 Å². The second kappa shape index (κ2) is 10.4. The van der Waals surface area contributed by atoms with Gasteiger partial charge in [0.25, 0.3) is 0 Å². The van der Waals surface area contributed by atoms with Gasteiger partial charge in [0.2, 0.25) is 0 Å². The first-order valence-corrected chi connectivity index (χ1v) is 10.4. The van der Waals surface area contributed by atoms with Crippen LogP contribution >= 0.6 is 0 Å². The molecule has 35 heavy (non-hydrogen) atoms. The first kappa shape index (κ1) is 25.4. The van der Waals surface area contributed by atoms with Gasteiger partial charge in [-0.15, -0.1) is 0 Å². The Kier molecular flexibility index (Phi) is 7.51. The molecule has 3 aromatic rings. The van der Waals surface area contributed by atoms with Gasteiger partial charge in [-0.2, -0.15) is 23.5 Å². The van der Waals surface area contributed by atoms with E-state index in [9.17, 15) is 23.1 Å². The second-order valence-electron chi connectivity index (χ2n) is 7.57. The molecule has 0 radical (unpaired) electrons. The Bertz CT molecular complexity index is 1310. The molecule has 0 fully saturated rings. The number of hydrogen-bond donors (Lipinski definition) is 3. The van der Waals surface area contributed by atoms with Gasteiger partial charge in [0, 0.05) is 29.4 Å². The van der Waals surface area contributed by atoms with E-state index in [0.717, 1.165) is 34.4 Å². The van der Waals surface area contributed by atoms with Gasteiger partial charge < -0.3 is 15.9 Å². The number of carboxylic acids is 2. The summed E-state index contributed by atoms with van der Waals surface area (Å²) < 4.78 is 33.3. The fraction of sp³-hybridized carbons (Fsp3) is 0.261. The Balaban J connectivity index is 0.000000429. The standard InChI is InChI=1S/C21H19N5O2.C2HF3O2/c22-7-2-8-26-20(21(27)28)16-6-5-15-12-24-18(10-17(15)19(16)25-26)14-4-1-3-13(9-14)11-23;3-2(4,5)1(6)7/h1,3-4,9-10,12H,2,5-8,22H2,(H,27,28);(H,6,7). The normalized spacial score (nSPS) is 12.0. The third-order valence-corrected chi connectivity index (χ3v) is 5.24. The van der Waals surface area contributed by atoms with E-state index in [-0.39, 0.29) is 5.69 Å². The summed E-state index contributed by atoms with van der Waals surface area (Å²) in [4.78, 5) is 25.3. The van der Waals surface area contributed by atoms with Crippen LogP contribution < -0.4 is 5.73 Å². The lowest BCUT2D eigenvalue weighted by atomic mass is 9.89. The molecule has 0 saturated heterocycles. The van der Waals surface area contributed by atoms with Crippen LogP contribution in [0.2, 0.25) is 0 Å².